The van der Waals surface area contributed by atoms with Gasteiger partial charge >= 0.3 is 0 Å². The van der Waals surface area contributed by atoms with Crippen LogP contribution in [0.2, 0.25) is 0 Å². The van der Waals surface area contributed by atoms with Crippen molar-refractivity contribution in [3.8, 4) is 12.3 Å². The Morgan fingerprint density at radius 2 is 2.50 bits per heavy atom. The van der Waals surface area contributed by atoms with E-state index in [0.717, 1.165) is 0 Å². The summed E-state index contributed by atoms with van der Waals surface area (Å²) >= 11 is 0. The number of aldehydes is 1. The Bertz CT molecular complexity index is 105. The van der Waals surface area contributed by atoms with Gasteiger partial charge in [-0.25, -0.2) is 5.01 Å². The van der Waals surface area contributed by atoms with Crippen molar-refractivity contribution < 1.29 is 4.79 Å². The number of terminal acetylenes is 1. The van der Waals surface area contributed by atoms with Gasteiger partial charge in [0.1, 0.15) is 6.29 Å². The van der Waals surface area contributed by atoms with Crippen molar-refractivity contribution in [2.45, 2.75) is 0 Å². The summed E-state index contributed by atoms with van der Waals surface area (Å²) in [6.45, 7) is 0.517. The molecular weight excluding hydrogens is 104 g/mol. The molecule has 0 saturated heterocycles. The van der Waals surface area contributed by atoms with Gasteiger partial charge in [0.05, 0.1) is 13.1 Å². The molecule has 0 aliphatic heterocycles. The standard InChI is InChI=1S/C5H8N2O/c1-2-3-7(6)4-5-8/h1,5H,3-4,6H2. The van der Waals surface area contributed by atoms with E-state index in [9.17, 15) is 4.79 Å². The van der Waals surface area contributed by atoms with Crippen molar-refractivity contribution in [2.75, 3.05) is 13.1 Å². The highest BCUT2D eigenvalue weighted by Crippen LogP contribution is 1.68. The summed E-state index contributed by atoms with van der Waals surface area (Å²) in [7, 11) is 0. The number of rotatable bonds is 3. The van der Waals surface area contributed by atoms with Crippen LogP contribution in [0.15, 0.2) is 0 Å². The Morgan fingerprint density at radius 1 is 1.88 bits per heavy atom. The van der Waals surface area contributed by atoms with Gasteiger partial charge in [-0.05, 0) is 0 Å². The molecule has 44 valence electrons. The molecule has 0 fully saturated rings. The van der Waals surface area contributed by atoms with Gasteiger partial charge < -0.3 is 4.79 Å². The molecule has 0 saturated carbocycles. The highest BCUT2D eigenvalue weighted by Gasteiger charge is 1.89. The minimum Gasteiger partial charge on any atom is -0.302 e. The largest absolute Gasteiger partial charge is 0.302 e. The third-order valence-electron chi connectivity index (χ3n) is 0.603. The summed E-state index contributed by atoms with van der Waals surface area (Å²) in [5, 5.41) is 1.26. The number of nitrogens with two attached hydrogens (primary N) is 1. The molecule has 2 N–H and O–H groups in total. The predicted molar refractivity (Wildman–Crippen MR) is 30.7 cm³/mol. The monoisotopic (exact) mass is 112 g/mol. The molecule has 0 aromatic heterocycles. The lowest BCUT2D eigenvalue weighted by atomic mass is 10.6. The highest BCUT2D eigenvalue weighted by atomic mass is 16.1. The van der Waals surface area contributed by atoms with E-state index in [-0.39, 0.29) is 6.54 Å². The smallest absolute Gasteiger partial charge is 0.135 e. The molecule has 0 aromatic carbocycles. The predicted octanol–water partition coefficient (Wildman–Crippen LogP) is -1.01. The van der Waals surface area contributed by atoms with Crippen LogP contribution in [0.4, 0.5) is 0 Å². The van der Waals surface area contributed by atoms with Gasteiger partial charge in [0.2, 0.25) is 0 Å². The lowest BCUT2D eigenvalue weighted by molar-refractivity contribution is -0.108. The number of carbonyl (C=O) groups excluding carboxylic acids is 1. The van der Waals surface area contributed by atoms with E-state index in [1.54, 1.807) is 0 Å². The first-order valence-corrected chi connectivity index (χ1v) is 2.18. The van der Waals surface area contributed by atoms with E-state index in [4.69, 9.17) is 12.3 Å². The second-order valence-corrected chi connectivity index (χ2v) is 1.30. The van der Waals surface area contributed by atoms with Gasteiger partial charge in [0.15, 0.2) is 0 Å². The Morgan fingerprint density at radius 3 is 2.88 bits per heavy atom. The summed E-state index contributed by atoms with van der Waals surface area (Å²) in [4.78, 5) is 9.70. The van der Waals surface area contributed by atoms with Crippen LogP contribution in [0.1, 0.15) is 0 Å². The minimum absolute atomic E-state index is 0.199. The molecule has 0 unspecified atom stereocenters. The topological polar surface area (TPSA) is 46.3 Å². The van der Waals surface area contributed by atoms with Gasteiger partial charge in [-0.1, -0.05) is 5.92 Å². The van der Waals surface area contributed by atoms with E-state index in [2.05, 4.69) is 5.92 Å². The third kappa shape index (κ3) is 3.34. The Hall–Kier alpha value is -0.850. The molecule has 0 heterocycles. The molecule has 0 rings (SSSR count). The molecule has 0 aromatic rings. The lowest BCUT2D eigenvalue weighted by Crippen LogP contribution is -2.32. The summed E-state index contributed by atoms with van der Waals surface area (Å²) in [6, 6.07) is 0. The Kier molecular flexibility index (Phi) is 3.85. The number of carbonyl (C=O) groups is 1. The quantitative estimate of drug-likeness (QED) is 0.220. The van der Waals surface area contributed by atoms with Gasteiger partial charge in [-0.2, -0.15) is 0 Å². The average Bonchev–Trinajstić information content (AvgIpc) is 1.68. The summed E-state index contributed by atoms with van der Waals surface area (Å²) < 4.78 is 0. The molecule has 0 spiro atoms. The maximum absolute atomic E-state index is 9.70. The fourth-order valence-electron chi connectivity index (χ4n) is 0.278. The first-order chi connectivity index (χ1) is 3.81. The van der Waals surface area contributed by atoms with Crippen LogP contribution in [-0.4, -0.2) is 24.4 Å². The van der Waals surface area contributed by atoms with Crippen LogP contribution < -0.4 is 5.84 Å². The second-order valence-electron chi connectivity index (χ2n) is 1.30. The summed E-state index contributed by atoms with van der Waals surface area (Å²) in [5.41, 5.74) is 0. The van der Waals surface area contributed by atoms with Crippen LogP contribution >= 0.6 is 0 Å². The van der Waals surface area contributed by atoms with Crippen molar-refractivity contribution in [2.24, 2.45) is 5.84 Å². The summed E-state index contributed by atoms with van der Waals surface area (Å²) in [5.74, 6) is 7.45. The van der Waals surface area contributed by atoms with Crippen molar-refractivity contribution in [3.63, 3.8) is 0 Å². The van der Waals surface area contributed by atoms with Crippen molar-refractivity contribution in [1.82, 2.24) is 5.01 Å². The minimum atomic E-state index is 0.199. The number of nitrogens with zero attached hydrogens (tertiary/aromatic N) is 1. The molecule has 3 heteroatoms. The highest BCUT2D eigenvalue weighted by molar-refractivity contribution is 5.51. The SMILES string of the molecule is C#CCN(N)CC=O. The normalized spacial score (nSPS) is 8.62. The Labute approximate surface area is 48.4 Å². The zero-order valence-corrected chi connectivity index (χ0v) is 4.50. The fraction of sp³-hybridized carbons (Fsp3) is 0.400. The van der Waals surface area contributed by atoms with Gasteiger partial charge in [0, 0.05) is 0 Å². The van der Waals surface area contributed by atoms with E-state index < -0.39 is 0 Å². The molecule has 3 nitrogen and oxygen atoms in total. The zero-order chi connectivity index (χ0) is 6.41. The van der Waals surface area contributed by atoms with E-state index >= 15 is 0 Å². The van der Waals surface area contributed by atoms with Crippen molar-refractivity contribution >= 4 is 6.29 Å². The van der Waals surface area contributed by atoms with Crippen LogP contribution in [-0.2, 0) is 4.79 Å². The lowest BCUT2D eigenvalue weighted by Gasteiger charge is -2.05. The molecule has 0 atom stereocenters. The molecule has 0 radical (unpaired) electrons. The third-order valence-corrected chi connectivity index (χ3v) is 0.603. The average molecular weight is 112 g/mol. The van der Waals surface area contributed by atoms with Crippen LogP contribution in [0.5, 0.6) is 0 Å². The molecular formula is C5H8N2O. The maximum atomic E-state index is 9.70. The molecule has 0 bridgehead atoms. The van der Waals surface area contributed by atoms with Crippen LogP contribution in [0.3, 0.4) is 0 Å². The first-order valence-electron chi connectivity index (χ1n) is 2.18. The molecule has 0 aliphatic rings. The first kappa shape index (κ1) is 7.15. The van der Waals surface area contributed by atoms with Crippen molar-refractivity contribution in [1.29, 1.82) is 0 Å². The van der Waals surface area contributed by atoms with Gasteiger partial charge in [-0.3, -0.25) is 5.84 Å². The fourth-order valence-corrected chi connectivity index (χ4v) is 0.278. The zero-order valence-electron chi connectivity index (χ0n) is 4.50. The summed E-state index contributed by atoms with van der Waals surface area (Å²) in [6.07, 6.45) is 5.58. The van der Waals surface area contributed by atoms with Crippen LogP contribution in [0, 0.1) is 12.3 Å². The van der Waals surface area contributed by atoms with Crippen molar-refractivity contribution in [3.05, 3.63) is 0 Å². The molecule has 8 heavy (non-hydrogen) atoms. The van der Waals surface area contributed by atoms with E-state index in [1.165, 1.54) is 5.01 Å². The van der Waals surface area contributed by atoms with Gasteiger partial charge in [0.25, 0.3) is 0 Å². The maximum Gasteiger partial charge on any atom is 0.135 e. The van der Waals surface area contributed by atoms with Gasteiger partial charge in [-0.15, -0.1) is 6.42 Å². The van der Waals surface area contributed by atoms with Crippen LogP contribution in [0.25, 0.3) is 0 Å². The molecule has 0 amide bonds. The number of hydrogen-bond donors (Lipinski definition) is 1. The molecule has 0 aliphatic carbocycles. The number of hydrogen-bond acceptors (Lipinski definition) is 3. The van der Waals surface area contributed by atoms with E-state index in [0.29, 0.717) is 12.8 Å². The number of hydrazine groups is 1. The second kappa shape index (κ2) is 4.31. The van der Waals surface area contributed by atoms with E-state index in [1.807, 2.05) is 0 Å². The Balaban J connectivity index is 3.20.